The van der Waals surface area contributed by atoms with E-state index in [1.165, 1.54) is 0 Å². The van der Waals surface area contributed by atoms with Crippen LogP contribution in [0.4, 0.5) is 11.4 Å². The molecular formula is C35H36N8O3. The number of nitrogens with one attached hydrogen (secondary N) is 4. The number of pyridine rings is 1. The number of fused-ring (bicyclic) bond motifs is 1. The standard InChI is InChI=1S/C35H36N8O3/c1-42-22-28(18-30(42)34(45)38-16-6-5-9-32(36)37)41-35(46)31-19-27(21-43(31)2)40-33(44)25-14-12-23(13-15-25)10-11-24-17-26-7-3-4-8-29(26)39-20-24/h3-4,7-8,10-15,17-22H,5-6,9,16H2,1-2H3,(H3,36,37)(H,38,45)(H,40,44)(H,41,46)/b11-10+. The molecule has 11 nitrogen and oxygen atoms in total. The van der Waals surface area contributed by atoms with Gasteiger partial charge in [0.05, 0.1) is 22.7 Å². The van der Waals surface area contributed by atoms with E-state index in [4.69, 9.17) is 11.1 Å². The maximum Gasteiger partial charge on any atom is 0.272 e. The monoisotopic (exact) mass is 616 g/mol. The molecular weight excluding hydrogens is 580 g/mol. The second kappa shape index (κ2) is 14.2. The van der Waals surface area contributed by atoms with Crippen molar-refractivity contribution in [2.24, 2.45) is 19.8 Å². The van der Waals surface area contributed by atoms with Crippen LogP contribution >= 0.6 is 0 Å². The summed E-state index contributed by atoms with van der Waals surface area (Å²) in [6.07, 6.45) is 11.0. The van der Waals surface area contributed by atoms with E-state index < -0.39 is 0 Å². The molecule has 5 aromatic rings. The lowest BCUT2D eigenvalue weighted by molar-refractivity contribution is 0.0943. The number of para-hydroxylation sites is 1. The summed E-state index contributed by atoms with van der Waals surface area (Å²) in [5.41, 5.74) is 10.4. The average Bonchev–Trinajstić information content (AvgIpc) is 3.60. The maximum atomic E-state index is 13.1. The van der Waals surface area contributed by atoms with Crippen molar-refractivity contribution in [2.45, 2.75) is 19.3 Å². The van der Waals surface area contributed by atoms with Gasteiger partial charge in [0.25, 0.3) is 17.7 Å². The zero-order chi connectivity index (χ0) is 32.6. The predicted octanol–water partition coefficient (Wildman–Crippen LogP) is 5.42. The molecule has 0 aliphatic carbocycles. The fourth-order valence-corrected chi connectivity index (χ4v) is 4.97. The first kappa shape index (κ1) is 31.5. The van der Waals surface area contributed by atoms with Crippen molar-refractivity contribution in [1.29, 1.82) is 5.41 Å². The van der Waals surface area contributed by atoms with Crippen LogP contribution in [0.25, 0.3) is 23.1 Å². The van der Waals surface area contributed by atoms with E-state index in [1.807, 2.05) is 54.7 Å². The van der Waals surface area contributed by atoms with Crippen molar-refractivity contribution in [1.82, 2.24) is 19.4 Å². The lowest BCUT2D eigenvalue weighted by Crippen LogP contribution is -2.26. The molecule has 234 valence electrons. The molecule has 46 heavy (non-hydrogen) atoms. The number of nitrogens with zero attached hydrogens (tertiary/aromatic N) is 3. The van der Waals surface area contributed by atoms with Crippen LogP contribution in [-0.2, 0) is 14.1 Å². The minimum atomic E-state index is -0.387. The van der Waals surface area contributed by atoms with Crippen molar-refractivity contribution in [3.05, 3.63) is 113 Å². The van der Waals surface area contributed by atoms with Gasteiger partial charge in [-0.2, -0.15) is 0 Å². The van der Waals surface area contributed by atoms with Crippen LogP contribution in [0.2, 0.25) is 0 Å². The highest BCUT2D eigenvalue weighted by Crippen LogP contribution is 2.19. The molecule has 3 amide bonds. The molecule has 0 bridgehead atoms. The van der Waals surface area contributed by atoms with Gasteiger partial charge in [0.2, 0.25) is 0 Å². The van der Waals surface area contributed by atoms with Crippen molar-refractivity contribution < 1.29 is 14.4 Å². The first-order valence-corrected chi connectivity index (χ1v) is 14.9. The van der Waals surface area contributed by atoms with Crippen molar-refractivity contribution >= 4 is 58.0 Å². The second-order valence-electron chi connectivity index (χ2n) is 11.0. The summed E-state index contributed by atoms with van der Waals surface area (Å²) in [7, 11) is 3.44. The summed E-state index contributed by atoms with van der Waals surface area (Å²) in [6, 6.07) is 20.5. The molecule has 0 unspecified atom stereocenters. The second-order valence-corrected chi connectivity index (χ2v) is 11.0. The minimum Gasteiger partial charge on any atom is -0.388 e. The Morgan fingerprint density at radius 2 is 1.43 bits per heavy atom. The molecule has 0 aliphatic heterocycles. The number of carbonyl (C=O) groups is 3. The Morgan fingerprint density at radius 3 is 2.13 bits per heavy atom. The third-order valence-electron chi connectivity index (χ3n) is 7.40. The SMILES string of the molecule is Cn1cc(NC(=O)c2cc(NC(=O)c3ccc(/C=C/c4cnc5ccccc5c4)cc3)cn2C)cc1C(=O)NCCCCC(=N)N. The molecule has 0 saturated heterocycles. The smallest absolute Gasteiger partial charge is 0.272 e. The van der Waals surface area contributed by atoms with Gasteiger partial charge in [0.15, 0.2) is 0 Å². The number of amides is 3. The molecule has 0 radical (unpaired) electrons. The van der Waals surface area contributed by atoms with Crippen LogP contribution in [0, 0.1) is 5.41 Å². The third kappa shape index (κ3) is 7.94. The molecule has 0 saturated carbocycles. The van der Waals surface area contributed by atoms with Gasteiger partial charge in [0.1, 0.15) is 11.4 Å². The number of amidine groups is 1. The quantitative estimate of drug-likeness (QED) is 0.0718. The summed E-state index contributed by atoms with van der Waals surface area (Å²) in [5, 5.41) is 16.9. The normalized spacial score (nSPS) is 11.1. The van der Waals surface area contributed by atoms with Gasteiger partial charge in [-0.15, -0.1) is 0 Å². The number of aryl methyl sites for hydroxylation is 2. The van der Waals surface area contributed by atoms with Gasteiger partial charge in [0, 0.05) is 56.6 Å². The van der Waals surface area contributed by atoms with Crippen LogP contribution in [0.15, 0.2) is 85.3 Å². The molecule has 3 heterocycles. The Hall–Kier alpha value is -5.97. The fourth-order valence-electron chi connectivity index (χ4n) is 4.97. The van der Waals surface area contributed by atoms with E-state index in [1.54, 1.807) is 59.9 Å². The number of carbonyl (C=O) groups excluding carboxylic acids is 3. The lowest BCUT2D eigenvalue weighted by Gasteiger charge is -2.05. The highest BCUT2D eigenvalue weighted by Gasteiger charge is 2.17. The summed E-state index contributed by atoms with van der Waals surface area (Å²) in [6.45, 7) is 0.460. The number of nitrogens with two attached hydrogens (primary N) is 1. The lowest BCUT2D eigenvalue weighted by atomic mass is 10.1. The van der Waals surface area contributed by atoms with Gasteiger partial charge in [-0.1, -0.05) is 42.5 Å². The Kier molecular flexibility index (Phi) is 9.72. The summed E-state index contributed by atoms with van der Waals surface area (Å²) >= 11 is 0. The van der Waals surface area contributed by atoms with E-state index in [2.05, 4.69) is 27.0 Å². The number of rotatable bonds is 12. The van der Waals surface area contributed by atoms with Gasteiger partial charge < -0.3 is 30.8 Å². The molecule has 3 aromatic heterocycles. The fraction of sp³-hybridized carbons (Fsp3) is 0.171. The number of benzene rings is 2. The summed E-state index contributed by atoms with van der Waals surface area (Å²) < 4.78 is 3.26. The molecule has 0 spiro atoms. The van der Waals surface area contributed by atoms with Crippen LogP contribution in [-0.4, -0.2) is 44.2 Å². The summed E-state index contributed by atoms with van der Waals surface area (Å²) in [5.74, 6) is -0.817. The number of unbranched alkanes of at least 4 members (excludes halogenated alkanes) is 1. The Bertz CT molecular complexity index is 1940. The molecule has 6 N–H and O–H groups in total. The molecule has 2 aromatic carbocycles. The zero-order valence-corrected chi connectivity index (χ0v) is 25.7. The van der Waals surface area contributed by atoms with Gasteiger partial charge in [-0.05, 0) is 60.4 Å². The minimum absolute atomic E-state index is 0.132. The topological polar surface area (TPSA) is 160 Å². The number of hydrogen-bond donors (Lipinski definition) is 5. The first-order chi connectivity index (χ1) is 22.2. The molecule has 0 atom stereocenters. The number of hydrogen-bond acceptors (Lipinski definition) is 5. The van der Waals surface area contributed by atoms with Crippen molar-refractivity contribution in [2.75, 3.05) is 17.2 Å². The third-order valence-corrected chi connectivity index (χ3v) is 7.40. The van der Waals surface area contributed by atoms with E-state index in [0.29, 0.717) is 47.7 Å². The highest BCUT2D eigenvalue weighted by molar-refractivity contribution is 6.07. The predicted molar refractivity (Wildman–Crippen MR) is 182 cm³/mol. The zero-order valence-electron chi connectivity index (χ0n) is 25.7. The van der Waals surface area contributed by atoms with E-state index in [0.717, 1.165) is 28.5 Å². The van der Waals surface area contributed by atoms with Gasteiger partial charge in [-0.3, -0.25) is 24.8 Å². The Balaban J connectivity index is 1.15. The molecule has 0 aliphatic rings. The van der Waals surface area contributed by atoms with Crippen LogP contribution in [0.3, 0.4) is 0 Å². The van der Waals surface area contributed by atoms with E-state index in [-0.39, 0.29) is 23.6 Å². The molecule has 11 heteroatoms. The highest BCUT2D eigenvalue weighted by atomic mass is 16.2. The van der Waals surface area contributed by atoms with Gasteiger partial charge in [-0.25, -0.2) is 0 Å². The van der Waals surface area contributed by atoms with Crippen LogP contribution in [0.1, 0.15) is 61.7 Å². The van der Waals surface area contributed by atoms with E-state index in [9.17, 15) is 14.4 Å². The summed E-state index contributed by atoms with van der Waals surface area (Å²) in [4.78, 5) is 43.1. The largest absolute Gasteiger partial charge is 0.388 e. The number of anilines is 2. The maximum absolute atomic E-state index is 13.1. The average molecular weight is 617 g/mol. The Morgan fingerprint density at radius 1 is 0.804 bits per heavy atom. The number of aromatic nitrogens is 3. The van der Waals surface area contributed by atoms with Crippen LogP contribution in [0.5, 0.6) is 0 Å². The van der Waals surface area contributed by atoms with Crippen LogP contribution < -0.4 is 21.7 Å². The van der Waals surface area contributed by atoms with E-state index >= 15 is 0 Å². The first-order valence-electron chi connectivity index (χ1n) is 14.9. The molecule has 0 fully saturated rings. The van der Waals surface area contributed by atoms with Crippen molar-refractivity contribution in [3.63, 3.8) is 0 Å². The Labute approximate surface area is 266 Å². The van der Waals surface area contributed by atoms with Gasteiger partial charge >= 0.3 is 0 Å². The van der Waals surface area contributed by atoms with Crippen molar-refractivity contribution in [3.8, 4) is 0 Å². The molecule has 5 rings (SSSR count).